The zero-order valence-corrected chi connectivity index (χ0v) is 18.4. The van der Waals surface area contributed by atoms with E-state index in [9.17, 15) is 4.79 Å². The normalized spacial score (nSPS) is 11.5. The maximum Gasteiger partial charge on any atom is 0.261 e. The Morgan fingerprint density at radius 2 is 1.76 bits per heavy atom. The molecule has 0 atom stereocenters. The first-order valence-corrected chi connectivity index (χ1v) is 10.6. The van der Waals surface area contributed by atoms with Crippen LogP contribution in [0.4, 0.5) is 11.5 Å². The van der Waals surface area contributed by atoms with Crippen LogP contribution in [0, 0.1) is 6.92 Å². The SMILES string of the molecule is Cc1cccc(C=Nn2c(N)c(C(=O)Nc3ccc(Cl)cc3)c3nc4ccccc4nc32)c1. The highest BCUT2D eigenvalue weighted by Crippen LogP contribution is 2.29. The van der Waals surface area contributed by atoms with E-state index in [2.05, 4.69) is 15.4 Å². The van der Waals surface area contributed by atoms with Crippen LogP contribution in [0.3, 0.4) is 0 Å². The van der Waals surface area contributed by atoms with Gasteiger partial charge in [-0.3, -0.25) is 4.79 Å². The molecule has 1 amide bonds. The molecule has 2 aromatic heterocycles. The Labute approximate surface area is 194 Å². The van der Waals surface area contributed by atoms with Gasteiger partial charge in [0.05, 0.1) is 17.2 Å². The van der Waals surface area contributed by atoms with E-state index >= 15 is 0 Å². The van der Waals surface area contributed by atoms with Gasteiger partial charge in [0.15, 0.2) is 5.65 Å². The third-order valence-electron chi connectivity index (χ3n) is 5.17. The number of hydrogen-bond acceptors (Lipinski definition) is 5. The summed E-state index contributed by atoms with van der Waals surface area (Å²) in [6.07, 6.45) is 1.68. The third kappa shape index (κ3) is 4.02. The summed E-state index contributed by atoms with van der Waals surface area (Å²) >= 11 is 5.95. The largest absolute Gasteiger partial charge is 0.383 e. The number of anilines is 2. The topological polar surface area (TPSA) is 98.2 Å². The first-order valence-electron chi connectivity index (χ1n) is 10.2. The molecule has 162 valence electrons. The van der Waals surface area contributed by atoms with Gasteiger partial charge in [-0.25, -0.2) is 9.97 Å². The van der Waals surface area contributed by atoms with E-state index in [1.165, 1.54) is 4.68 Å². The highest BCUT2D eigenvalue weighted by atomic mass is 35.5. The second kappa shape index (κ2) is 8.37. The van der Waals surface area contributed by atoms with Crippen molar-refractivity contribution in [1.29, 1.82) is 0 Å². The molecule has 8 heteroatoms. The summed E-state index contributed by atoms with van der Waals surface area (Å²) in [6.45, 7) is 2.01. The zero-order chi connectivity index (χ0) is 22.9. The van der Waals surface area contributed by atoms with E-state index in [1.54, 1.807) is 30.5 Å². The molecular weight excluding hydrogens is 436 g/mol. The van der Waals surface area contributed by atoms with Gasteiger partial charge in [-0.05, 0) is 48.9 Å². The summed E-state index contributed by atoms with van der Waals surface area (Å²) in [5.74, 6) is -0.260. The Balaban J connectivity index is 1.66. The van der Waals surface area contributed by atoms with Gasteiger partial charge in [0.25, 0.3) is 5.91 Å². The molecule has 0 bridgehead atoms. The average Bonchev–Trinajstić information content (AvgIpc) is 3.08. The number of carbonyl (C=O) groups excluding carboxylic acids is 1. The van der Waals surface area contributed by atoms with Crippen LogP contribution in [0.15, 0.2) is 77.9 Å². The molecule has 3 N–H and O–H groups in total. The Morgan fingerprint density at radius 3 is 2.48 bits per heavy atom. The Hall–Kier alpha value is -4.23. The maximum absolute atomic E-state index is 13.2. The number of nitrogens with zero attached hydrogens (tertiary/aromatic N) is 4. The fourth-order valence-electron chi connectivity index (χ4n) is 3.59. The van der Waals surface area contributed by atoms with Crippen LogP contribution in [0.5, 0.6) is 0 Å². The van der Waals surface area contributed by atoms with Crippen LogP contribution in [0.2, 0.25) is 5.02 Å². The van der Waals surface area contributed by atoms with Crippen LogP contribution in [0.1, 0.15) is 21.5 Å². The molecule has 0 radical (unpaired) electrons. The number of fused-ring (bicyclic) bond motifs is 2. The number of aromatic nitrogens is 3. The quantitative estimate of drug-likeness (QED) is 0.362. The molecule has 0 saturated carbocycles. The van der Waals surface area contributed by atoms with Crippen molar-refractivity contribution in [3.63, 3.8) is 0 Å². The van der Waals surface area contributed by atoms with E-state index in [0.717, 1.165) is 11.1 Å². The molecule has 33 heavy (non-hydrogen) atoms. The second-order valence-electron chi connectivity index (χ2n) is 7.58. The van der Waals surface area contributed by atoms with Gasteiger partial charge in [-0.2, -0.15) is 9.78 Å². The summed E-state index contributed by atoms with van der Waals surface area (Å²) in [5.41, 5.74) is 11.4. The van der Waals surface area contributed by atoms with Crippen LogP contribution < -0.4 is 11.1 Å². The first-order chi connectivity index (χ1) is 16.0. The van der Waals surface area contributed by atoms with E-state index < -0.39 is 5.91 Å². The Kier molecular flexibility index (Phi) is 5.24. The molecule has 3 aromatic carbocycles. The zero-order valence-electron chi connectivity index (χ0n) is 17.7. The first kappa shape index (κ1) is 20.7. The summed E-state index contributed by atoms with van der Waals surface area (Å²) in [4.78, 5) is 22.6. The number of aryl methyl sites for hydroxylation is 1. The summed E-state index contributed by atoms with van der Waals surface area (Å²) in [7, 11) is 0. The molecule has 2 heterocycles. The van der Waals surface area contributed by atoms with Crippen LogP contribution in [-0.2, 0) is 0 Å². The van der Waals surface area contributed by atoms with Crippen molar-refractivity contribution >= 4 is 57.4 Å². The number of para-hydroxylation sites is 2. The molecule has 5 aromatic rings. The molecule has 0 saturated heterocycles. The van der Waals surface area contributed by atoms with Crippen molar-refractivity contribution in [2.45, 2.75) is 6.92 Å². The van der Waals surface area contributed by atoms with Crippen molar-refractivity contribution in [1.82, 2.24) is 14.6 Å². The van der Waals surface area contributed by atoms with E-state index in [-0.39, 0.29) is 11.4 Å². The van der Waals surface area contributed by atoms with Crippen molar-refractivity contribution in [2.75, 3.05) is 11.1 Å². The van der Waals surface area contributed by atoms with Crippen LogP contribution in [0.25, 0.3) is 22.2 Å². The van der Waals surface area contributed by atoms with E-state index in [0.29, 0.717) is 32.9 Å². The molecule has 0 aliphatic rings. The van der Waals surface area contributed by atoms with Crippen molar-refractivity contribution in [3.05, 3.63) is 94.5 Å². The summed E-state index contributed by atoms with van der Waals surface area (Å²) in [5, 5.41) is 7.97. The second-order valence-corrected chi connectivity index (χ2v) is 8.01. The number of nitrogen functional groups attached to an aromatic ring is 1. The Bertz CT molecular complexity index is 1540. The van der Waals surface area contributed by atoms with Gasteiger partial charge in [-0.1, -0.05) is 53.6 Å². The van der Waals surface area contributed by atoms with E-state index in [1.807, 2.05) is 55.5 Å². The lowest BCUT2D eigenvalue weighted by Crippen LogP contribution is -2.14. The lowest BCUT2D eigenvalue weighted by atomic mass is 10.2. The van der Waals surface area contributed by atoms with Gasteiger partial charge in [0.1, 0.15) is 16.9 Å². The minimum atomic E-state index is -0.408. The third-order valence-corrected chi connectivity index (χ3v) is 5.42. The number of halogens is 1. The average molecular weight is 455 g/mol. The smallest absolute Gasteiger partial charge is 0.261 e. The summed E-state index contributed by atoms with van der Waals surface area (Å²) in [6, 6.07) is 22.2. The number of hydrogen-bond donors (Lipinski definition) is 2. The molecule has 0 aliphatic heterocycles. The molecule has 7 nitrogen and oxygen atoms in total. The van der Waals surface area contributed by atoms with Crippen molar-refractivity contribution < 1.29 is 4.79 Å². The number of carbonyl (C=O) groups is 1. The van der Waals surface area contributed by atoms with Crippen molar-refractivity contribution in [3.8, 4) is 0 Å². The van der Waals surface area contributed by atoms with Gasteiger partial charge < -0.3 is 11.1 Å². The van der Waals surface area contributed by atoms with Crippen molar-refractivity contribution in [2.24, 2.45) is 5.10 Å². The minimum absolute atomic E-state index is 0.149. The fraction of sp³-hybridized carbons (Fsp3) is 0.0400. The van der Waals surface area contributed by atoms with Crippen LogP contribution >= 0.6 is 11.6 Å². The predicted octanol–water partition coefficient (Wildman–Crippen LogP) is 5.26. The molecule has 0 fully saturated rings. The lowest BCUT2D eigenvalue weighted by Gasteiger charge is -2.05. The minimum Gasteiger partial charge on any atom is -0.383 e. The maximum atomic E-state index is 13.2. The number of nitrogens with one attached hydrogen (secondary N) is 1. The van der Waals surface area contributed by atoms with Crippen LogP contribution in [-0.4, -0.2) is 26.8 Å². The lowest BCUT2D eigenvalue weighted by molar-refractivity contribution is 0.102. The number of rotatable bonds is 4. The summed E-state index contributed by atoms with van der Waals surface area (Å²) < 4.78 is 1.45. The number of benzene rings is 3. The highest BCUT2D eigenvalue weighted by Gasteiger charge is 2.24. The molecule has 0 unspecified atom stereocenters. The fourth-order valence-corrected chi connectivity index (χ4v) is 3.72. The molecule has 0 aliphatic carbocycles. The number of nitrogens with two attached hydrogens (primary N) is 1. The standard InChI is InChI=1S/C25H19ClN6O/c1-15-5-4-6-16(13-15)14-28-32-23(27)21(25(33)29-18-11-9-17(26)10-12-18)22-24(32)31-20-8-3-2-7-19(20)30-22/h2-14H,27H2,1H3,(H,29,33). The van der Waals surface area contributed by atoms with Gasteiger partial charge >= 0.3 is 0 Å². The highest BCUT2D eigenvalue weighted by molar-refractivity contribution is 6.30. The predicted molar refractivity (Wildman–Crippen MR) is 133 cm³/mol. The Morgan fingerprint density at radius 1 is 1.03 bits per heavy atom. The molecule has 5 rings (SSSR count). The van der Waals surface area contributed by atoms with Gasteiger partial charge in [-0.15, -0.1) is 0 Å². The number of amides is 1. The van der Waals surface area contributed by atoms with E-state index in [4.69, 9.17) is 22.3 Å². The van der Waals surface area contributed by atoms with Gasteiger partial charge in [0, 0.05) is 10.7 Å². The molecule has 0 spiro atoms. The van der Waals surface area contributed by atoms with Gasteiger partial charge in [0.2, 0.25) is 0 Å². The molecular formula is C25H19ClN6O. The monoisotopic (exact) mass is 454 g/mol.